The Kier molecular flexibility index (Phi) is 3.78. The molecule has 1 fully saturated rings. The molecular formula is C17H14O5. The summed E-state index contributed by atoms with van der Waals surface area (Å²) in [5.74, 6) is 0.396. The van der Waals surface area contributed by atoms with E-state index < -0.39 is 18.4 Å². The van der Waals surface area contributed by atoms with Gasteiger partial charge in [-0.1, -0.05) is 42.5 Å². The number of ketones is 1. The predicted octanol–water partition coefficient (Wildman–Crippen LogP) is 3.15. The van der Waals surface area contributed by atoms with Crippen molar-refractivity contribution in [2.45, 2.75) is 12.2 Å². The van der Waals surface area contributed by atoms with Crippen LogP contribution < -0.4 is 4.74 Å². The Morgan fingerprint density at radius 2 is 1.68 bits per heavy atom. The van der Waals surface area contributed by atoms with Crippen molar-refractivity contribution in [2.75, 3.05) is 7.11 Å². The van der Waals surface area contributed by atoms with Gasteiger partial charge in [-0.15, -0.1) is 0 Å². The lowest BCUT2D eigenvalue weighted by Crippen LogP contribution is -2.26. The lowest BCUT2D eigenvalue weighted by molar-refractivity contribution is 0.0716. The Bertz CT molecular complexity index is 678. The van der Waals surface area contributed by atoms with Gasteiger partial charge in [0.05, 0.1) is 7.11 Å². The molecule has 0 aliphatic carbocycles. The molecule has 5 heteroatoms. The monoisotopic (exact) mass is 298 g/mol. The molecule has 3 rings (SSSR count). The Morgan fingerprint density at radius 3 is 2.32 bits per heavy atom. The average Bonchev–Trinajstić information content (AvgIpc) is 2.97. The van der Waals surface area contributed by atoms with Gasteiger partial charge in [0.25, 0.3) is 0 Å². The summed E-state index contributed by atoms with van der Waals surface area (Å²) in [6, 6.07) is 15.7. The number of cyclic esters (lactones) is 2. The number of Topliss-reactive ketones (excluding diaryl/α,β-unsaturated/α-hetero) is 1. The summed E-state index contributed by atoms with van der Waals surface area (Å²) < 4.78 is 15.3. The van der Waals surface area contributed by atoms with Gasteiger partial charge in [-0.25, -0.2) is 4.79 Å². The molecule has 0 amide bonds. The fourth-order valence-electron chi connectivity index (χ4n) is 2.35. The highest BCUT2D eigenvalue weighted by atomic mass is 16.8. The van der Waals surface area contributed by atoms with E-state index >= 15 is 0 Å². The third-order valence-corrected chi connectivity index (χ3v) is 3.48. The van der Waals surface area contributed by atoms with Crippen molar-refractivity contribution in [3.8, 4) is 5.75 Å². The van der Waals surface area contributed by atoms with Crippen molar-refractivity contribution in [2.24, 2.45) is 0 Å². The molecule has 1 saturated heterocycles. The fraction of sp³-hybridized carbons (Fsp3) is 0.176. The first-order valence-corrected chi connectivity index (χ1v) is 6.79. The molecule has 2 aromatic rings. The van der Waals surface area contributed by atoms with Gasteiger partial charge >= 0.3 is 6.16 Å². The number of ether oxygens (including phenoxy) is 3. The van der Waals surface area contributed by atoms with Crippen molar-refractivity contribution in [1.29, 1.82) is 0 Å². The summed E-state index contributed by atoms with van der Waals surface area (Å²) in [7, 11) is 1.56. The quantitative estimate of drug-likeness (QED) is 0.641. The molecule has 5 nitrogen and oxygen atoms in total. The minimum Gasteiger partial charge on any atom is -0.497 e. The SMILES string of the molecule is COc1ccc(C2OC(=O)OC2C(=O)c2ccccc2)cc1. The van der Waals surface area contributed by atoms with Crippen LogP contribution in [0.4, 0.5) is 4.79 Å². The van der Waals surface area contributed by atoms with Crippen molar-refractivity contribution >= 4 is 11.9 Å². The highest BCUT2D eigenvalue weighted by Crippen LogP contribution is 2.33. The smallest absolute Gasteiger partial charge is 0.497 e. The molecule has 112 valence electrons. The van der Waals surface area contributed by atoms with Crippen LogP contribution in [0.25, 0.3) is 0 Å². The highest BCUT2D eigenvalue weighted by molar-refractivity contribution is 6.01. The average molecular weight is 298 g/mol. The topological polar surface area (TPSA) is 61.8 Å². The first-order valence-electron chi connectivity index (χ1n) is 6.79. The Morgan fingerprint density at radius 1 is 1.00 bits per heavy atom. The number of carbonyl (C=O) groups excluding carboxylic acids is 2. The largest absolute Gasteiger partial charge is 0.509 e. The molecule has 2 aromatic carbocycles. The summed E-state index contributed by atoms with van der Waals surface area (Å²) >= 11 is 0. The lowest BCUT2D eigenvalue weighted by Gasteiger charge is -2.15. The third-order valence-electron chi connectivity index (χ3n) is 3.48. The van der Waals surface area contributed by atoms with E-state index in [2.05, 4.69) is 0 Å². The minimum atomic E-state index is -0.983. The van der Waals surface area contributed by atoms with Gasteiger partial charge in [0, 0.05) is 5.56 Å². The van der Waals surface area contributed by atoms with Crippen LogP contribution in [0.2, 0.25) is 0 Å². The molecule has 1 aliphatic heterocycles. The van der Waals surface area contributed by atoms with Crippen LogP contribution in [0, 0.1) is 0 Å². The maximum atomic E-state index is 12.5. The van der Waals surface area contributed by atoms with Crippen LogP contribution in [0.1, 0.15) is 22.0 Å². The second-order valence-electron chi connectivity index (χ2n) is 4.83. The van der Waals surface area contributed by atoms with Gasteiger partial charge in [-0.3, -0.25) is 4.79 Å². The number of benzene rings is 2. The zero-order valence-electron chi connectivity index (χ0n) is 11.9. The van der Waals surface area contributed by atoms with Gasteiger partial charge in [0.1, 0.15) is 5.75 Å². The molecule has 2 unspecified atom stereocenters. The van der Waals surface area contributed by atoms with Crippen molar-refractivity contribution in [3.05, 3.63) is 65.7 Å². The number of methoxy groups -OCH3 is 1. The van der Waals surface area contributed by atoms with Gasteiger partial charge in [-0.2, -0.15) is 0 Å². The first-order chi connectivity index (χ1) is 10.7. The van der Waals surface area contributed by atoms with Crippen LogP contribution in [0.5, 0.6) is 5.75 Å². The highest BCUT2D eigenvalue weighted by Gasteiger charge is 2.43. The van der Waals surface area contributed by atoms with Gasteiger partial charge in [-0.05, 0) is 17.7 Å². The van der Waals surface area contributed by atoms with Gasteiger partial charge in [0.15, 0.2) is 6.10 Å². The second-order valence-corrected chi connectivity index (χ2v) is 4.83. The molecule has 0 aromatic heterocycles. The molecule has 0 bridgehead atoms. The summed E-state index contributed by atoms with van der Waals surface area (Å²) in [4.78, 5) is 24.0. The number of hydrogen-bond acceptors (Lipinski definition) is 5. The van der Waals surface area contributed by atoms with E-state index in [0.717, 1.165) is 0 Å². The van der Waals surface area contributed by atoms with Crippen molar-refractivity contribution in [3.63, 3.8) is 0 Å². The molecule has 0 saturated carbocycles. The Balaban J connectivity index is 1.88. The molecule has 0 N–H and O–H groups in total. The molecule has 0 radical (unpaired) electrons. The van der Waals surface area contributed by atoms with Crippen LogP contribution in [-0.4, -0.2) is 25.2 Å². The molecule has 0 spiro atoms. The first kappa shape index (κ1) is 14.1. The zero-order chi connectivity index (χ0) is 15.5. The van der Waals surface area contributed by atoms with E-state index in [0.29, 0.717) is 16.9 Å². The van der Waals surface area contributed by atoms with E-state index in [9.17, 15) is 9.59 Å². The summed E-state index contributed by atoms with van der Waals surface area (Å²) in [5, 5.41) is 0. The Hall–Kier alpha value is -2.82. The van der Waals surface area contributed by atoms with Gasteiger partial charge < -0.3 is 14.2 Å². The van der Waals surface area contributed by atoms with Crippen molar-refractivity contribution < 1.29 is 23.8 Å². The van der Waals surface area contributed by atoms with E-state index in [4.69, 9.17) is 14.2 Å². The Labute approximate surface area is 127 Å². The summed E-state index contributed by atoms with van der Waals surface area (Å²) in [5.41, 5.74) is 1.16. The number of hydrogen-bond donors (Lipinski definition) is 0. The molecule has 1 aliphatic rings. The normalized spacial score (nSPS) is 20.1. The second kappa shape index (κ2) is 5.89. The maximum Gasteiger partial charge on any atom is 0.509 e. The molecule has 1 heterocycles. The van der Waals surface area contributed by atoms with E-state index in [1.807, 2.05) is 6.07 Å². The maximum absolute atomic E-state index is 12.5. The zero-order valence-corrected chi connectivity index (χ0v) is 11.9. The van der Waals surface area contributed by atoms with Gasteiger partial charge in [0.2, 0.25) is 11.9 Å². The van der Waals surface area contributed by atoms with Crippen LogP contribution in [0.3, 0.4) is 0 Å². The molecule has 22 heavy (non-hydrogen) atoms. The summed E-state index contributed by atoms with van der Waals surface area (Å²) in [6.07, 6.45) is -2.58. The molecular weight excluding hydrogens is 284 g/mol. The molecule has 2 atom stereocenters. The van der Waals surface area contributed by atoms with Crippen LogP contribution in [0.15, 0.2) is 54.6 Å². The summed E-state index contributed by atoms with van der Waals surface area (Å²) in [6.45, 7) is 0. The van der Waals surface area contributed by atoms with E-state index in [1.165, 1.54) is 0 Å². The third kappa shape index (κ3) is 2.65. The van der Waals surface area contributed by atoms with Crippen molar-refractivity contribution in [1.82, 2.24) is 0 Å². The number of rotatable bonds is 4. The van der Waals surface area contributed by atoms with E-state index in [-0.39, 0.29) is 5.78 Å². The fourth-order valence-corrected chi connectivity index (χ4v) is 2.35. The van der Waals surface area contributed by atoms with E-state index in [1.54, 1.807) is 55.6 Å². The standard InChI is InChI=1S/C17H14O5/c1-20-13-9-7-12(8-10-13)15-16(22-17(19)21-15)14(18)11-5-3-2-4-6-11/h2-10,15-16H,1H3. The van der Waals surface area contributed by atoms with Crippen LogP contribution in [-0.2, 0) is 9.47 Å². The number of carbonyl (C=O) groups is 2. The predicted molar refractivity (Wildman–Crippen MR) is 77.9 cm³/mol. The van der Waals surface area contributed by atoms with Crippen LogP contribution >= 0.6 is 0 Å². The lowest BCUT2D eigenvalue weighted by atomic mass is 9.97. The minimum absolute atomic E-state index is 0.285.